The minimum atomic E-state index is -1.27. The Morgan fingerprint density at radius 3 is 1.81 bits per heavy atom. The van der Waals surface area contributed by atoms with Crippen LogP contribution in [0.1, 0.15) is 10.4 Å². The molecule has 9 heteroatoms. The van der Waals surface area contributed by atoms with E-state index < -0.39 is 5.97 Å². The number of benzene rings is 1. The molecular formula is C12H3Cl6NO2. The molecule has 0 amide bonds. The van der Waals surface area contributed by atoms with Gasteiger partial charge in [-0.2, -0.15) is 0 Å². The van der Waals surface area contributed by atoms with Crippen molar-refractivity contribution in [3.05, 3.63) is 48.1 Å². The maximum absolute atomic E-state index is 11.4. The van der Waals surface area contributed by atoms with E-state index in [1.165, 1.54) is 12.4 Å². The lowest BCUT2D eigenvalue weighted by molar-refractivity contribution is 0.0698. The van der Waals surface area contributed by atoms with Gasteiger partial charge < -0.3 is 5.11 Å². The summed E-state index contributed by atoms with van der Waals surface area (Å²) >= 11 is 35.9. The Morgan fingerprint density at radius 1 is 0.857 bits per heavy atom. The van der Waals surface area contributed by atoms with Gasteiger partial charge in [0.2, 0.25) is 0 Å². The van der Waals surface area contributed by atoms with Crippen LogP contribution in [0.5, 0.6) is 0 Å². The van der Waals surface area contributed by atoms with Crippen molar-refractivity contribution < 1.29 is 9.90 Å². The van der Waals surface area contributed by atoms with Crippen LogP contribution in [0, 0.1) is 0 Å². The summed E-state index contributed by atoms with van der Waals surface area (Å²) in [5.74, 6) is -1.27. The highest BCUT2D eigenvalue weighted by Crippen LogP contribution is 2.49. The van der Waals surface area contributed by atoms with Gasteiger partial charge in [-0.15, -0.1) is 0 Å². The van der Waals surface area contributed by atoms with Crippen LogP contribution in [0.2, 0.25) is 30.1 Å². The van der Waals surface area contributed by atoms with Gasteiger partial charge in [0.15, 0.2) is 0 Å². The van der Waals surface area contributed by atoms with Crippen LogP contribution in [0.25, 0.3) is 11.1 Å². The largest absolute Gasteiger partial charge is 0.478 e. The second kappa shape index (κ2) is 6.37. The maximum Gasteiger partial charge on any atom is 0.337 e. The molecule has 0 fully saturated rings. The maximum atomic E-state index is 11.4. The number of pyridine rings is 1. The normalized spacial score (nSPS) is 10.8. The Bertz CT molecular complexity index is 733. The summed E-state index contributed by atoms with van der Waals surface area (Å²) in [6, 6.07) is 0. The number of carbonyl (C=O) groups is 1. The zero-order chi connectivity index (χ0) is 15.9. The molecule has 1 heterocycles. The van der Waals surface area contributed by atoms with Crippen molar-refractivity contribution in [2.75, 3.05) is 0 Å². The second-order valence-electron chi connectivity index (χ2n) is 3.79. The van der Waals surface area contributed by atoms with Crippen molar-refractivity contribution in [2.24, 2.45) is 0 Å². The average Bonchev–Trinajstić information content (AvgIpc) is 2.43. The van der Waals surface area contributed by atoms with E-state index in [0.29, 0.717) is 0 Å². The number of hydrogen-bond donors (Lipinski definition) is 1. The zero-order valence-electron chi connectivity index (χ0n) is 9.73. The first-order valence-electron chi connectivity index (χ1n) is 5.16. The van der Waals surface area contributed by atoms with Gasteiger partial charge in [-0.25, -0.2) is 4.79 Å². The van der Waals surface area contributed by atoms with E-state index in [2.05, 4.69) is 4.98 Å². The quantitative estimate of drug-likeness (QED) is 0.466. The molecule has 0 bridgehead atoms. The molecule has 1 aromatic carbocycles. The molecule has 0 saturated carbocycles. The summed E-state index contributed by atoms with van der Waals surface area (Å²) in [6.07, 6.45) is 2.44. The first kappa shape index (κ1) is 16.9. The Hall–Kier alpha value is -0.420. The van der Waals surface area contributed by atoms with Gasteiger partial charge >= 0.3 is 5.97 Å². The summed E-state index contributed by atoms with van der Waals surface area (Å²) in [6.45, 7) is 0. The number of carboxylic acid groups (broad SMARTS) is 1. The third kappa shape index (κ3) is 2.91. The number of carboxylic acids is 1. The Kier molecular flexibility index (Phi) is 5.14. The van der Waals surface area contributed by atoms with E-state index in [-0.39, 0.29) is 46.8 Å². The van der Waals surface area contributed by atoms with Crippen LogP contribution >= 0.6 is 69.6 Å². The fourth-order valence-electron chi connectivity index (χ4n) is 1.68. The van der Waals surface area contributed by atoms with Crippen molar-refractivity contribution >= 4 is 75.6 Å². The van der Waals surface area contributed by atoms with Gasteiger partial charge in [0.05, 0.1) is 35.7 Å². The smallest absolute Gasteiger partial charge is 0.337 e. The molecule has 0 radical (unpaired) electrons. The molecule has 1 aromatic heterocycles. The van der Waals surface area contributed by atoms with E-state index in [4.69, 9.17) is 69.6 Å². The molecule has 110 valence electrons. The van der Waals surface area contributed by atoms with E-state index >= 15 is 0 Å². The lowest BCUT2D eigenvalue weighted by atomic mass is 10.0. The standard InChI is InChI=1S/C12H3Cl6NO2/c13-4-2-19-1-3(5(4)12(20)21)6-7(14)9(16)11(18)10(17)8(6)15/h1-2H,(H,20,21). The average molecular weight is 406 g/mol. The Morgan fingerprint density at radius 2 is 1.33 bits per heavy atom. The lowest BCUT2D eigenvalue weighted by Crippen LogP contribution is -2.02. The summed E-state index contributed by atoms with van der Waals surface area (Å²) in [4.78, 5) is 15.2. The van der Waals surface area contributed by atoms with Gasteiger partial charge in [0, 0.05) is 23.5 Å². The topological polar surface area (TPSA) is 50.2 Å². The number of nitrogens with zero attached hydrogens (tertiary/aromatic N) is 1. The van der Waals surface area contributed by atoms with Crippen LogP contribution in [0.15, 0.2) is 12.4 Å². The van der Waals surface area contributed by atoms with Gasteiger partial charge in [-0.05, 0) is 0 Å². The van der Waals surface area contributed by atoms with Gasteiger partial charge in [-0.3, -0.25) is 4.98 Å². The molecule has 0 aliphatic heterocycles. The molecule has 21 heavy (non-hydrogen) atoms. The highest BCUT2D eigenvalue weighted by atomic mass is 35.5. The summed E-state index contributed by atoms with van der Waals surface area (Å²) in [5, 5.41) is 9.03. The molecule has 2 rings (SSSR count). The first-order chi connectivity index (χ1) is 9.77. The van der Waals surface area contributed by atoms with Crippen LogP contribution in [-0.2, 0) is 0 Å². The molecule has 2 aromatic rings. The summed E-state index contributed by atoms with van der Waals surface area (Å²) in [5.41, 5.74) is -0.0273. The van der Waals surface area contributed by atoms with Gasteiger partial charge in [0.25, 0.3) is 0 Å². The molecule has 1 N–H and O–H groups in total. The number of aromatic carboxylic acids is 1. The minimum absolute atomic E-state index is 0.0241. The van der Waals surface area contributed by atoms with E-state index in [1.807, 2.05) is 0 Å². The lowest BCUT2D eigenvalue weighted by Gasteiger charge is -2.14. The third-order valence-electron chi connectivity index (χ3n) is 2.59. The van der Waals surface area contributed by atoms with Crippen LogP contribution in [0.4, 0.5) is 0 Å². The summed E-state index contributed by atoms with van der Waals surface area (Å²) in [7, 11) is 0. The molecule has 0 atom stereocenters. The number of halogens is 6. The van der Waals surface area contributed by atoms with Gasteiger partial charge in [0.1, 0.15) is 0 Å². The molecule has 0 unspecified atom stereocenters. The number of hydrogen-bond acceptors (Lipinski definition) is 2. The Labute approximate surface area is 149 Å². The predicted molar refractivity (Wildman–Crippen MR) is 86.7 cm³/mol. The summed E-state index contributed by atoms with van der Waals surface area (Å²) < 4.78 is 0. The molecule has 0 aliphatic rings. The van der Waals surface area contributed by atoms with Crippen molar-refractivity contribution in [3.63, 3.8) is 0 Å². The first-order valence-corrected chi connectivity index (χ1v) is 7.42. The predicted octanol–water partition coefficient (Wildman–Crippen LogP) is 6.37. The molecule has 0 saturated heterocycles. The SMILES string of the molecule is O=C(O)c1c(Cl)cncc1-c1c(Cl)c(Cl)c(Cl)c(Cl)c1Cl. The van der Waals surface area contributed by atoms with Gasteiger partial charge in [-0.1, -0.05) is 69.6 Å². The van der Waals surface area contributed by atoms with Crippen LogP contribution < -0.4 is 0 Å². The number of aromatic nitrogens is 1. The van der Waals surface area contributed by atoms with Crippen LogP contribution in [0.3, 0.4) is 0 Å². The third-order valence-corrected chi connectivity index (χ3v) is 5.16. The fourth-order valence-corrected chi connectivity index (χ4v) is 3.26. The van der Waals surface area contributed by atoms with Crippen molar-refractivity contribution in [3.8, 4) is 11.1 Å². The molecular weight excluding hydrogens is 403 g/mol. The monoisotopic (exact) mass is 403 g/mol. The van der Waals surface area contributed by atoms with Crippen LogP contribution in [-0.4, -0.2) is 16.1 Å². The van der Waals surface area contributed by atoms with E-state index in [1.54, 1.807) is 0 Å². The van der Waals surface area contributed by atoms with Crippen molar-refractivity contribution in [1.29, 1.82) is 0 Å². The molecule has 0 aliphatic carbocycles. The van der Waals surface area contributed by atoms with Crippen molar-refractivity contribution in [1.82, 2.24) is 4.98 Å². The zero-order valence-corrected chi connectivity index (χ0v) is 14.3. The fraction of sp³-hybridized carbons (Fsp3) is 0. The highest BCUT2D eigenvalue weighted by molar-refractivity contribution is 6.56. The second-order valence-corrected chi connectivity index (χ2v) is 6.09. The highest BCUT2D eigenvalue weighted by Gasteiger charge is 2.25. The molecule has 3 nitrogen and oxygen atoms in total. The van der Waals surface area contributed by atoms with Crippen molar-refractivity contribution in [2.45, 2.75) is 0 Å². The number of rotatable bonds is 2. The minimum Gasteiger partial charge on any atom is -0.478 e. The van der Waals surface area contributed by atoms with E-state index in [9.17, 15) is 9.90 Å². The van der Waals surface area contributed by atoms with E-state index in [0.717, 1.165) is 0 Å². The Balaban J connectivity index is 2.93. The molecule has 0 spiro atoms.